The summed E-state index contributed by atoms with van der Waals surface area (Å²) in [5.41, 5.74) is 19.6. The lowest BCUT2D eigenvalue weighted by Gasteiger charge is -2.37. The van der Waals surface area contributed by atoms with Crippen molar-refractivity contribution in [2.24, 2.45) is 17.4 Å². The van der Waals surface area contributed by atoms with Crippen LogP contribution in [0.15, 0.2) is 30.6 Å². The number of hydrogen-bond donors (Lipinski definition) is 8. The number of aliphatic hydroxyl groups is 3. The first kappa shape index (κ1) is 44.8. The fourth-order valence-corrected chi connectivity index (χ4v) is 7.99. The number of hydrogen-bond acceptors (Lipinski definition) is 14. The lowest BCUT2D eigenvalue weighted by Crippen LogP contribution is -2.51. The van der Waals surface area contributed by atoms with Crippen LogP contribution < -0.4 is 17.2 Å². The van der Waals surface area contributed by atoms with Crippen LogP contribution in [0.25, 0.3) is 5.52 Å². The van der Waals surface area contributed by atoms with E-state index in [1.165, 1.54) is 25.6 Å². The zero-order valence-corrected chi connectivity index (χ0v) is 33.8. The van der Waals surface area contributed by atoms with E-state index >= 15 is 0 Å². The molecule has 4 fully saturated rings. The fourth-order valence-electron chi connectivity index (χ4n) is 7.99. The second-order valence-electron chi connectivity index (χ2n) is 15.7. The van der Waals surface area contributed by atoms with Gasteiger partial charge in [0.15, 0.2) is 5.82 Å². The summed E-state index contributed by atoms with van der Waals surface area (Å²) in [5.74, 6) is 1.00. The third-order valence-electron chi connectivity index (χ3n) is 11.2. The third-order valence-corrected chi connectivity index (χ3v) is 11.2. The topological polar surface area (TPSA) is 246 Å². The molecule has 18 heteroatoms. The Kier molecular flexibility index (Phi) is 17.0. The minimum atomic E-state index is -1.06. The van der Waals surface area contributed by atoms with E-state index in [0.717, 1.165) is 49.7 Å². The van der Waals surface area contributed by atoms with Crippen LogP contribution in [-0.2, 0) is 14.2 Å². The Morgan fingerprint density at radius 3 is 2.51 bits per heavy atom. The molecule has 8 atom stereocenters. The average Bonchev–Trinajstić information content (AvgIpc) is 3.99. The third kappa shape index (κ3) is 11.9. The maximum Gasteiger partial charge on any atom is 0.151 e. The van der Waals surface area contributed by atoms with Crippen molar-refractivity contribution in [3.8, 4) is 0 Å². The number of amidine groups is 1. The first-order valence-electron chi connectivity index (χ1n) is 20.5. The predicted molar refractivity (Wildman–Crippen MR) is 215 cm³/mol. The number of nitrogens with zero attached hydrogens (tertiary/aromatic N) is 6. The molecule has 0 saturated carbocycles. The van der Waals surface area contributed by atoms with Gasteiger partial charge in [-0.05, 0) is 89.0 Å². The monoisotopic (exact) mass is 804 g/mol. The Balaban J connectivity index is 0.000000204. The zero-order chi connectivity index (χ0) is 41.1. The maximum absolute atomic E-state index is 14.3. The van der Waals surface area contributed by atoms with E-state index in [2.05, 4.69) is 45.8 Å². The molecule has 7 rings (SSSR count). The van der Waals surface area contributed by atoms with Crippen molar-refractivity contribution >= 4 is 17.2 Å². The van der Waals surface area contributed by atoms with Gasteiger partial charge in [-0.25, -0.2) is 9.50 Å². The number of aliphatic hydroxyl groups excluding tert-OH is 3. The molecular weight excluding hydrogens is 737 g/mol. The van der Waals surface area contributed by atoms with Crippen molar-refractivity contribution in [1.29, 1.82) is 5.41 Å². The van der Waals surface area contributed by atoms with Crippen molar-refractivity contribution in [3.05, 3.63) is 47.7 Å². The Morgan fingerprint density at radius 2 is 1.81 bits per heavy atom. The van der Waals surface area contributed by atoms with Gasteiger partial charge in [-0.1, -0.05) is 20.3 Å². The second kappa shape index (κ2) is 21.6. The molecule has 4 saturated heterocycles. The summed E-state index contributed by atoms with van der Waals surface area (Å²) in [6, 6.07) is 7.27. The molecule has 320 valence electrons. The fraction of sp³-hybridized carbons (Fsp3) is 0.718. The van der Waals surface area contributed by atoms with E-state index in [4.69, 9.17) is 36.8 Å². The normalized spacial score (nSPS) is 28.6. The number of aromatic amines is 1. The van der Waals surface area contributed by atoms with Gasteiger partial charge in [-0.3, -0.25) is 10.3 Å². The lowest BCUT2D eigenvalue weighted by molar-refractivity contribution is -0.0665. The summed E-state index contributed by atoms with van der Waals surface area (Å²) < 4.78 is 33.3. The highest BCUT2D eigenvalue weighted by atomic mass is 19.2. The number of piperidine rings is 1. The van der Waals surface area contributed by atoms with Gasteiger partial charge in [0.2, 0.25) is 0 Å². The van der Waals surface area contributed by atoms with Crippen molar-refractivity contribution < 1.29 is 34.0 Å². The molecule has 0 amide bonds. The van der Waals surface area contributed by atoms with Crippen molar-refractivity contribution in [1.82, 2.24) is 34.5 Å². The highest BCUT2D eigenvalue weighted by Crippen LogP contribution is 2.36. The summed E-state index contributed by atoms with van der Waals surface area (Å²) >= 11 is 0. The number of fused-ring (bicyclic) bond motifs is 1. The number of nitrogens with one attached hydrogen (secondary N) is 2. The van der Waals surface area contributed by atoms with Gasteiger partial charge in [0, 0.05) is 37.8 Å². The predicted octanol–water partition coefficient (Wildman–Crippen LogP) is 1.74. The van der Waals surface area contributed by atoms with Crippen LogP contribution in [0.4, 0.5) is 10.3 Å². The Labute approximate surface area is 335 Å². The van der Waals surface area contributed by atoms with E-state index in [1.807, 2.05) is 0 Å². The second-order valence-corrected chi connectivity index (χ2v) is 15.7. The largest absolute Gasteiger partial charge is 0.390 e. The van der Waals surface area contributed by atoms with E-state index in [-0.39, 0.29) is 24.5 Å². The molecule has 57 heavy (non-hydrogen) atoms. The van der Waals surface area contributed by atoms with Crippen LogP contribution >= 0.6 is 0 Å². The number of nitrogens with two attached hydrogens (primary N) is 3. The summed E-state index contributed by atoms with van der Waals surface area (Å²) in [4.78, 5) is 11.6. The molecule has 0 unspecified atom stereocenters. The quantitative estimate of drug-likeness (QED) is 0.0698. The van der Waals surface area contributed by atoms with Crippen LogP contribution in [0.3, 0.4) is 0 Å². The van der Waals surface area contributed by atoms with Crippen molar-refractivity contribution in [3.63, 3.8) is 0 Å². The van der Waals surface area contributed by atoms with Crippen LogP contribution in [0.5, 0.6) is 0 Å². The van der Waals surface area contributed by atoms with Gasteiger partial charge >= 0.3 is 0 Å². The van der Waals surface area contributed by atoms with E-state index < -0.39 is 36.6 Å². The highest BCUT2D eigenvalue weighted by Gasteiger charge is 2.46. The number of likely N-dealkylation sites (tertiary alicyclic amines) is 1. The zero-order valence-electron chi connectivity index (χ0n) is 33.8. The molecule has 0 aromatic carbocycles. The molecule has 4 aliphatic rings. The number of halogens is 1. The van der Waals surface area contributed by atoms with Gasteiger partial charge in [-0.15, -0.1) is 9.60 Å². The van der Waals surface area contributed by atoms with Gasteiger partial charge in [-0.2, -0.15) is 5.10 Å². The molecule has 17 nitrogen and oxygen atoms in total. The molecule has 3 aromatic rings. The van der Waals surface area contributed by atoms with E-state index in [9.17, 15) is 19.8 Å². The minimum absolute atomic E-state index is 0.0455. The van der Waals surface area contributed by atoms with E-state index in [1.54, 1.807) is 28.8 Å². The molecule has 11 N–H and O–H groups in total. The number of anilines is 1. The number of aromatic nitrogens is 4. The molecule has 0 aliphatic carbocycles. The number of nitrogen functional groups attached to an aromatic ring is 2. The van der Waals surface area contributed by atoms with E-state index in [0.29, 0.717) is 67.9 Å². The molecule has 3 aromatic heterocycles. The van der Waals surface area contributed by atoms with Gasteiger partial charge < -0.3 is 56.6 Å². The Bertz CT molecular complexity index is 1660. The summed E-state index contributed by atoms with van der Waals surface area (Å²) in [6.07, 6.45) is 3.26. The van der Waals surface area contributed by atoms with Crippen LogP contribution in [-0.4, -0.2) is 158 Å². The van der Waals surface area contributed by atoms with Gasteiger partial charge in [0.25, 0.3) is 0 Å². The van der Waals surface area contributed by atoms with Crippen molar-refractivity contribution in [2.75, 3.05) is 71.8 Å². The average molecular weight is 804 g/mol. The van der Waals surface area contributed by atoms with Crippen LogP contribution in [0, 0.1) is 11.3 Å². The van der Waals surface area contributed by atoms with Crippen molar-refractivity contribution in [2.45, 2.75) is 108 Å². The standard InChI is InChI=1S/C19H32FN5O2.C17H26N6O4.C3H8/c1-24-9-6-13(7-10-24)3-2-8-25(20)12-18-16(26)11-17(27-18)14-4-5-15(23-14)19(21)22;18-4-3-10-8-26-6-5-22(10)7-13-14(24)15(25)16(27-13)11-1-2-12-17(19)20-9-21-23(11)12;1-3-2/h4-5,13,16-18,23,26H,2-3,6-12H2,1H3,(H3,21,22);1-2,9-10,13-16,24-25H,3-8,18H2,(H2,19,20,21);3H2,1-2H3/t16-,17+,18+;10-,13-,14-,15-,16+;/m01./s1. The minimum Gasteiger partial charge on any atom is -0.390 e. The summed E-state index contributed by atoms with van der Waals surface area (Å²) in [6.45, 7) is 10.0. The molecule has 4 aliphatic heterocycles. The Morgan fingerprint density at radius 1 is 1.05 bits per heavy atom. The lowest BCUT2D eigenvalue weighted by atomic mass is 9.92. The first-order chi connectivity index (χ1) is 27.4. The molecule has 7 heterocycles. The Hall–Kier alpha value is -3.30. The SMILES string of the molecule is CCC.CN1CCC(CCCN(F)C[C@H]2O[C@@H](c3ccc(C(=N)N)[nH]3)C[C@@H]2O)CC1.NCC[C@@H]1COCCN1C[C@H]1O[C@@H](c2ccc3c(N)ncnn23)[C@H](O)[C@@H]1O. The van der Waals surface area contributed by atoms with Gasteiger partial charge in [0.05, 0.1) is 49.5 Å². The molecule has 0 bridgehead atoms. The van der Waals surface area contributed by atoms with Gasteiger partial charge in [0.1, 0.15) is 42.1 Å². The summed E-state index contributed by atoms with van der Waals surface area (Å²) in [5, 5.41) is 43.8. The van der Waals surface area contributed by atoms with Crippen LogP contribution in [0.1, 0.15) is 88.1 Å². The number of H-pyrrole nitrogens is 1. The maximum atomic E-state index is 14.3. The highest BCUT2D eigenvalue weighted by molar-refractivity contribution is 5.93. The number of rotatable bonds is 13. The first-order valence-corrected chi connectivity index (χ1v) is 20.5. The summed E-state index contributed by atoms with van der Waals surface area (Å²) in [7, 11) is 2.15. The van der Waals surface area contributed by atoms with Crippen LogP contribution in [0.2, 0.25) is 0 Å². The number of morpholine rings is 1. The molecular formula is C39H66FN11O6. The molecule has 0 spiro atoms. The smallest absolute Gasteiger partial charge is 0.151 e. The number of ether oxygens (including phenoxy) is 3. The molecule has 0 radical (unpaired) electrons.